The van der Waals surface area contributed by atoms with Crippen LogP contribution in [-0.2, 0) is 0 Å². The molecule has 0 spiro atoms. The number of hydrogen-bond donors (Lipinski definition) is 0. The van der Waals surface area contributed by atoms with Crippen molar-refractivity contribution in [2.45, 2.75) is 31.6 Å². The summed E-state index contributed by atoms with van der Waals surface area (Å²) in [4.78, 5) is 0. The van der Waals surface area contributed by atoms with E-state index in [-0.39, 0.29) is 0 Å². The molecule has 1 heteroatoms. The van der Waals surface area contributed by atoms with Crippen LogP contribution in [0, 0.1) is 0 Å². The van der Waals surface area contributed by atoms with E-state index in [1.807, 2.05) is 0 Å². The van der Waals surface area contributed by atoms with Gasteiger partial charge in [0, 0.05) is 5.66 Å². The predicted molar refractivity (Wildman–Crippen MR) is 45.5 cm³/mol. The third-order valence-corrected chi connectivity index (χ3v) is 5.02. The molecule has 1 saturated heterocycles. The van der Waals surface area contributed by atoms with Crippen LogP contribution in [0.1, 0.15) is 20.8 Å². The highest BCUT2D eigenvalue weighted by atomic mass is 31.1. The second kappa shape index (κ2) is 2.09. The first-order chi connectivity index (χ1) is 4.05. The quantitative estimate of drug-likeness (QED) is 0.390. The third-order valence-electron chi connectivity index (χ3n) is 1.78. The van der Waals surface area contributed by atoms with Crippen LogP contribution in [0.25, 0.3) is 0 Å². The molecule has 0 saturated carbocycles. The molecule has 1 fully saturated rings. The van der Waals surface area contributed by atoms with Gasteiger partial charge in [0.15, 0.2) is 0 Å². The maximum absolute atomic E-state index is 3.80. The van der Waals surface area contributed by atoms with Gasteiger partial charge in [-0.05, 0) is 11.3 Å². The largest absolute Gasteiger partial charge is 0.102 e. The minimum absolute atomic E-state index is 0.327. The Kier molecular flexibility index (Phi) is 1.69. The van der Waals surface area contributed by atoms with Crippen LogP contribution in [0.3, 0.4) is 0 Å². The molecule has 1 rings (SSSR count). The van der Waals surface area contributed by atoms with Gasteiger partial charge in [-0.3, -0.25) is 0 Å². The maximum Gasteiger partial charge on any atom is 0.00124 e. The van der Waals surface area contributed by atoms with Crippen molar-refractivity contribution in [3.8, 4) is 0 Å². The van der Waals surface area contributed by atoms with Crippen LogP contribution in [0.5, 0.6) is 0 Å². The minimum atomic E-state index is 0.327. The van der Waals surface area contributed by atoms with Gasteiger partial charge in [0.05, 0.1) is 0 Å². The van der Waals surface area contributed by atoms with Crippen molar-refractivity contribution in [3.05, 3.63) is 12.7 Å². The summed E-state index contributed by atoms with van der Waals surface area (Å²) in [5.74, 6) is 0. The predicted octanol–water partition coefficient (Wildman–Crippen LogP) is 2.84. The summed E-state index contributed by atoms with van der Waals surface area (Å²) in [6.45, 7) is 10.8. The summed E-state index contributed by atoms with van der Waals surface area (Å²) in [6.07, 6.45) is 3.55. The fraction of sp³-hybridized carbons (Fsp3) is 0.750. The first kappa shape index (κ1) is 7.28. The lowest BCUT2D eigenvalue weighted by Gasteiger charge is -2.17. The monoisotopic (exact) mass is 142 g/mol. The van der Waals surface area contributed by atoms with E-state index < -0.39 is 0 Å². The molecule has 0 aromatic carbocycles. The molecule has 0 radical (unpaired) electrons. The van der Waals surface area contributed by atoms with E-state index in [0.717, 1.165) is 5.66 Å². The van der Waals surface area contributed by atoms with Crippen LogP contribution >= 0.6 is 7.92 Å². The molecule has 2 atom stereocenters. The van der Waals surface area contributed by atoms with Crippen LogP contribution in [0.15, 0.2) is 12.7 Å². The molecule has 0 aromatic rings. The van der Waals surface area contributed by atoms with E-state index in [2.05, 4.69) is 33.4 Å². The average molecular weight is 142 g/mol. The molecule has 0 nitrogen and oxygen atoms in total. The highest BCUT2D eigenvalue weighted by molar-refractivity contribution is 7.68. The van der Waals surface area contributed by atoms with E-state index in [0.29, 0.717) is 13.1 Å². The molecule has 0 N–H and O–H groups in total. The molecule has 9 heavy (non-hydrogen) atoms. The average Bonchev–Trinajstić information content (AvgIpc) is 2.39. The van der Waals surface area contributed by atoms with Gasteiger partial charge in [-0.1, -0.05) is 34.8 Å². The lowest BCUT2D eigenvalue weighted by Crippen LogP contribution is -2.05. The fourth-order valence-corrected chi connectivity index (χ4v) is 3.63. The van der Waals surface area contributed by atoms with Crippen LogP contribution in [0.4, 0.5) is 0 Å². The third kappa shape index (κ3) is 1.55. The molecule has 0 amide bonds. The molecular weight excluding hydrogens is 127 g/mol. The van der Waals surface area contributed by atoms with Crippen LogP contribution < -0.4 is 0 Å². The minimum Gasteiger partial charge on any atom is -0.102 e. The van der Waals surface area contributed by atoms with Gasteiger partial charge in [-0.25, -0.2) is 0 Å². The molecule has 52 valence electrons. The lowest BCUT2D eigenvalue weighted by atomic mass is 10.3. The van der Waals surface area contributed by atoms with E-state index in [1.54, 1.807) is 0 Å². The summed E-state index contributed by atoms with van der Waals surface area (Å²) in [7, 11) is 0.327. The highest BCUT2D eigenvalue weighted by Crippen LogP contribution is 2.67. The topological polar surface area (TPSA) is 0 Å². The van der Waals surface area contributed by atoms with Crippen molar-refractivity contribution in [2.75, 3.05) is 6.16 Å². The van der Waals surface area contributed by atoms with Gasteiger partial charge in [0.1, 0.15) is 0 Å². The zero-order valence-electron chi connectivity index (χ0n) is 6.52. The van der Waals surface area contributed by atoms with E-state index in [9.17, 15) is 0 Å². The standard InChI is InChI=1S/C8H15P/c1-5-7-6-9(7)8(2,3)4/h5,7H,1,6H2,2-4H3/t7-,9-/m1/s1. The highest BCUT2D eigenvalue weighted by Gasteiger charge is 2.42. The van der Waals surface area contributed by atoms with Crippen molar-refractivity contribution < 1.29 is 0 Å². The molecule has 1 aliphatic rings. The Morgan fingerprint density at radius 3 is 2.22 bits per heavy atom. The smallest absolute Gasteiger partial charge is 0.00124 e. The Morgan fingerprint density at radius 2 is 2.11 bits per heavy atom. The van der Waals surface area contributed by atoms with Gasteiger partial charge in [0.2, 0.25) is 0 Å². The summed E-state index contributed by atoms with van der Waals surface area (Å²) < 4.78 is 0. The van der Waals surface area contributed by atoms with E-state index in [4.69, 9.17) is 0 Å². The van der Waals surface area contributed by atoms with Crippen molar-refractivity contribution in [1.29, 1.82) is 0 Å². The van der Waals surface area contributed by atoms with Gasteiger partial charge < -0.3 is 0 Å². The van der Waals surface area contributed by atoms with Gasteiger partial charge >= 0.3 is 0 Å². The second-order valence-corrected chi connectivity index (χ2v) is 6.94. The zero-order chi connectivity index (χ0) is 7.07. The Hall–Kier alpha value is 0.170. The second-order valence-electron chi connectivity index (χ2n) is 3.63. The summed E-state index contributed by atoms with van der Waals surface area (Å²) >= 11 is 0. The molecule has 0 aromatic heterocycles. The first-order valence-electron chi connectivity index (χ1n) is 3.45. The fourth-order valence-electron chi connectivity index (χ4n) is 1.13. The normalized spacial score (nSPS) is 34.1. The van der Waals surface area contributed by atoms with Crippen LogP contribution in [0.2, 0.25) is 0 Å². The molecule has 1 heterocycles. The molecule has 0 bridgehead atoms. The van der Waals surface area contributed by atoms with Crippen molar-refractivity contribution in [1.82, 2.24) is 0 Å². The first-order valence-corrected chi connectivity index (χ1v) is 5.04. The SMILES string of the molecule is C=C[C@@H]1C[P@@]1C(C)(C)C. The Morgan fingerprint density at radius 1 is 1.56 bits per heavy atom. The lowest BCUT2D eigenvalue weighted by molar-refractivity contribution is 0.793. The Labute approximate surface area is 59.1 Å². The summed E-state index contributed by atoms with van der Waals surface area (Å²) in [5.41, 5.74) is 0.889. The zero-order valence-corrected chi connectivity index (χ0v) is 7.41. The Balaban J connectivity index is 2.42. The molecule has 0 aliphatic carbocycles. The number of hydrogen-bond acceptors (Lipinski definition) is 0. The summed E-state index contributed by atoms with van der Waals surface area (Å²) in [6, 6.07) is 0. The maximum atomic E-state index is 3.80. The number of rotatable bonds is 1. The molecule has 0 unspecified atom stereocenters. The van der Waals surface area contributed by atoms with Crippen molar-refractivity contribution >= 4 is 7.92 Å². The van der Waals surface area contributed by atoms with E-state index >= 15 is 0 Å². The van der Waals surface area contributed by atoms with Gasteiger partial charge in [-0.15, -0.1) is 6.58 Å². The van der Waals surface area contributed by atoms with Crippen molar-refractivity contribution in [3.63, 3.8) is 0 Å². The molecule has 1 aliphatic heterocycles. The Bertz CT molecular complexity index is 121. The van der Waals surface area contributed by atoms with Crippen LogP contribution in [-0.4, -0.2) is 17.0 Å². The number of allylic oxidation sites excluding steroid dienone is 1. The molecular formula is C8H15P. The summed E-state index contributed by atoms with van der Waals surface area (Å²) in [5, 5.41) is 0.578. The van der Waals surface area contributed by atoms with Crippen molar-refractivity contribution in [2.24, 2.45) is 0 Å². The van der Waals surface area contributed by atoms with E-state index in [1.165, 1.54) is 6.16 Å². The van der Waals surface area contributed by atoms with Gasteiger partial charge in [0.25, 0.3) is 0 Å². The van der Waals surface area contributed by atoms with Gasteiger partial charge in [-0.2, -0.15) is 0 Å².